The van der Waals surface area contributed by atoms with Gasteiger partial charge in [0.15, 0.2) is 0 Å². The Morgan fingerprint density at radius 2 is 1.20 bits per heavy atom. The van der Waals surface area contributed by atoms with E-state index >= 15 is 0 Å². The van der Waals surface area contributed by atoms with Gasteiger partial charge in [0.1, 0.15) is 49.1 Å². The molecule has 0 bridgehead atoms. The minimum Gasteiger partial charge on any atom is -0.462 e. The van der Waals surface area contributed by atoms with Gasteiger partial charge in [-0.15, -0.1) is 0 Å². The SMILES string of the molecule is C[C@@H](NC(=O)[C@H](CCCCNC(=O)OCc1ccccc1)NC(=O)OC(C)(C)C)C(=O)N[C@@H](CCC(=O)OC1CCCCC1)C(=O)N[C@H](C)C(=O)OCc1ccccc1. The van der Waals surface area contributed by atoms with E-state index in [1.54, 1.807) is 45.0 Å². The van der Waals surface area contributed by atoms with Crippen LogP contribution < -0.4 is 26.6 Å². The Bertz CT molecular complexity index is 1660. The van der Waals surface area contributed by atoms with Gasteiger partial charge in [0.05, 0.1) is 0 Å². The number of hydrogen-bond donors (Lipinski definition) is 5. The molecule has 0 spiro atoms. The number of esters is 2. The fourth-order valence-corrected chi connectivity index (χ4v) is 6.02. The van der Waals surface area contributed by atoms with Crippen LogP contribution in [0.3, 0.4) is 0 Å². The van der Waals surface area contributed by atoms with Gasteiger partial charge in [-0.2, -0.15) is 0 Å². The van der Waals surface area contributed by atoms with E-state index in [1.165, 1.54) is 13.8 Å². The van der Waals surface area contributed by atoms with E-state index < -0.39 is 71.6 Å². The van der Waals surface area contributed by atoms with Crippen LogP contribution in [0.15, 0.2) is 60.7 Å². The molecule has 5 amide bonds. The number of carbonyl (C=O) groups excluding carboxylic acids is 7. The predicted molar refractivity (Wildman–Crippen MR) is 217 cm³/mol. The van der Waals surface area contributed by atoms with E-state index in [-0.39, 0.29) is 45.1 Å². The summed E-state index contributed by atoms with van der Waals surface area (Å²) < 4.78 is 21.5. The van der Waals surface area contributed by atoms with Crippen molar-refractivity contribution in [3.05, 3.63) is 71.8 Å². The molecule has 324 valence electrons. The van der Waals surface area contributed by atoms with Crippen LogP contribution in [0.4, 0.5) is 9.59 Å². The van der Waals surface area contributed by atoms with Crippen molar-refractivity contribution in [3.8, 4) is 0 Å². The van der Waals surface area contributed by atoms with Gasteiger partial charge in [-0.3, -0.25) is 19.2 Å². The van der Waals surface area contributed by atoms with Crippen LogP contribution in [0.2, 0.25) is 0 Å². The highest BCUT2D eigenvalue weighted by Gasteiger charge is 2.31. The van der Waals surface area contributed by atoms with Crippen molar-refractivity contribution < 1.29 is 52.5 Å². The van der Waals surface area contributed by atoms with Gasteiger partial charge in [0.2, 0.25) is 17.7 Å². The first-order chi connectivity index (χ1) is 28.1. The van der Waals surface area contributed by atoms with Crippen LogP contribution >= 0.6 is 0 Å². The lowest BCUT2D eigenvalue weighted by atomic mass is 9.98. The van der Waals surface area contributed by atoms with Crippen LogP contribution in [0.5, 0.6) is 0 Å². The number of nitrogens with one attached hydrogen (secondary N) is 5. The van der Waals surface area contributed by atoms with Crippen molar-refractivity contribution in [1.29, 1.82) is 0 Å². The van der Waals surface area contributed by atoms with Gasteiger partial charge >= 0.3 is 24.1 Å². The smallest absolute Gasteiger partial charge is 0.408 e. The Morgan fingerprint density at radius 3 is 1.80 bits per heavy atom. The fourth-order valence-electron chi connectivity index (χ4n) is 6.02. The van der Waals surface area contributed by atoms with Crippen LogP contribution in [0.25, 0.3) is 0 Å². The number of benzene rings is 2. The van der Waals surface area contributed by atoms with Gasteiger partial charge in [-0.1, -0.05) is 67.1 Å². The molecule has 0 saturated heterocycles. The molecule has 5 N–H and O–H groups in total. The summed E-state index contributed by atoms with van der Waals surface area (Å²) in [6.45, 7) is 8.22. The summed E-state index contributed by atoms with van der Waals surface area (Å²) in [6.07, 6.45) is 3.49. The van der Waals surface area contributed by atoms with Crippen molar-refractivity contribution in [2.75, 3.05) is 6.54 Å². The van der Waals surface area contributed by atoms with Crippen molar-refractivity contribution >= 4 is 41.8 Å². The molecule has 1 saturated carbocycles. The summed E-state index contributed by atoms with van der Waals surface area (Å²) in [6, 6.07) is 13.5. The number of alkyl carbamates (subject to hydrolysis) is 2. The zero-order valence-corrected chi connectivity index (χ0v) is 34.8. The predicted octanol–water partition coefficient (Wildman–Crippen LogP) is 4.87. The third-order valence-electron chi connectivity index (χ3n) is 9.22. The maximum absolute atomic E-state index is 13.5. The minimum atomic E-state index is -1.28. The molecule has 1 aliphatic rings. The van der Waals surface area contributed by atoms with Crippen LogP contribution in [-0.4, -0.2) is 84.3 Å². The Hall–Kier alpha value is -5.67. The molecule has 2 aromatic rings. The second-order valence-electron chi connectivity index (χ2n) is 15.6. The van der Waals surface area contributed by atoms with E-state index in [9.17, 15) is 33.6 Å². The molecule has 0 aliphatic heterocycles. The van der Waals surface area contributed by atoms with Crippen molar-refractivity contribution in [2.24, 2.45) is 0 Å². The first-order valence-corrected chi connectivity index (χ1v) is 20.3. The molecule has 2 aromatic carbocycles. The number of amides is 5. The normalized spacial score (nSPS) is 14.9. The maximum atomic E-state index is 13.5. The lowest BCUT2D eigenvalue weighted by molar-refractivity contribution is -0.151. The van der Waals surface area contributed by atoms with E-state index in [0.29, 0.717) is 12.8 Å². The molecule has 16 nitrogen and oxygen atoms in total. The third kappa shape index (κ3) is 19.6. The largest absolute Gasteiger partial charge is 0.462 e. The number of unbranched alkanes of at least 4 members (excludes halogenated alkanes) is 1. The van der Waals surface area contributed by atoms with Crippen molar-refractivity contribution in [2.45, 2.75) is 148 Å². The van der Waals surface area contributed by atoms with Crippen molar-refractivity contribution in [3.63, 3.8) is 0 Å². The minimum absolute atomic E-state index is 0.00520. The number of ether oxygens (including phenoxy) is 4. The average Bonchev–Trinajstić information content (AvgIpc) is 3.20. The molecule has 0 unspecified atom stereocenters. The third-order valence-corrected chi connectivity index (χ3v) is 9.22. The lowest BCUT2D eigenvalue weighted by Crippen LogP contribution is -2.57. The molecule has 3 rings (SSSR count). The topological polar surface area (TPSA) is 217 Å². The zero-order valence-electron chi connectivity index (χ0n) is 34.8. The quantitative estimate of drug-likeness (QED) is 0.0650. The molecule has 1 fully saturated rings. The van der Waals surface area contributed by atoms with Gasteiger partial charge < -0.3 is 45.5 Å². The zero-order chi connectivity index (χ0) is 43.2. The second-order valence-corrected chi connectivity index (χ2v) is 15.6. The molecular weight excluding hydrogens is 762 g/mol. The molecule has 0 heterocycles. The highest BCUT2D eigenvalue weighted by atomic mass is 16.6. The molecule has 4 atom stereocenters. The molecule has 0 aromatic heterocycles. The summed E-state index contributed by atoms with van der Waals surface area (Å²) in [5, 5.41) is 13.0. The van der Waals surface area contributed by atoms with Gasteiger partial charge in [-0.25, -0.2) is 14.4 Å². The summed E-state index contributed by atoms with van der Waals surface area (Å²) in [5.41, 5.74) is 0.748. The standard InChI is InChI=1S/C43H61N5O11/c1-29(45-38(51)34(48-42(55)59-43(3,4)5)23-15-16-26-44-41(54)57-28-32-19-11-7-12-20-32)37(50)47-35(24-25-36(49)58-33-21-13-8-14-22-33)39(52)46-30(2)40(53)56-27-31-17-9-6-10-18-31/h6-7,9-12,17-20,29-30,33-35H,8,13-16,21-28H2,1-5H3,(H,44,54)(H,45,51)(H,46,52)(H,47,50)(H,48,55)/t29-,30-,34+,35+/m1/s1. The lowest BCUT2D eigenvalue weighted by Gasteiger charge is -2.26. The van der Waals surface area contributed by atoms with Crippen molar-refractivity contribution in [1.82, 2.24) is 26.6 Å². The number of rotatable bonds is 21. The summed E-state index contributed by atoms with van der Waals surface area (Å²) in [4.78, 5) is 90.9. The highest BCUT2D eigenvalue weighted by Crippen LogP contribution is 2.21. The Morgan fingerprint density at radius 1 is 0.644 bits per heavy atom. The molecule has 59 heavy (non-hydrogen) atoms. The molecular formula is C43H61N5O11. The van der Waals surface area contributed by atoms with Gasteiger partial charge in [-0.05, 0) is 97.1 Å². The number of hydrogen-bond acceptors (Lipinski definition) is 11. The molecule has 1 aliphatic carbocycles. The maximum Gasteiger partial charge on any atom is 0.408 e. The van der Waals surface area contributed by atoms with Gasteiger partial charge in [0.25, 0.3) is 0 Å². The summed E-state index contributed by atoms with van der Waals surface area (Å²) in [5.74, 6) is -3.41. The molecule has 16 heteroatoms. The van der Waals surface area contributed by atoms with E-state index in [2.05, 4.69) is 26.6 Å². The molecule has 0 radical (unpaired) electrons. The second kappa shape index (κ2) is 25.0. The Kier molecular flexibility index (Phi) is 20.2. The highest BCUT2D eigenvalue weighted by molar-refractivity contribution is 5.94. The average molecular weight is 824 g/mol. The van der Waals surface area contributed by atoms with Crippen LogP contribution in [-0.2, 0) is 56.1 Å². The van der Waals surface area contributed by atoms with Gasteiger partial charge in [0, 0.05) is 13.0 Å². The Balaban J connectivity index is 1.59. The van der Waals surface area contributed by atoms with E-state index in [4.69, 9.17) is 18.9 Å². The monoisotopic (exact) mass is 823 g/mol. The summed E-state index contributed by atoms with van der Waals surface area (Å²) in [7, 11) is 0. The number of carbonyl (C=O) groups is 7. The Labute approximate surface area is 346 Å². The van der Waals surface area contributed by atoms with E-state index in [0.717, 1.165) is 43.2 Å². The first-order valence-electron chi connectivity index (χ1n) is 20.3. The fraction of sp³-hybridized carbons (Fsp3) is 0.558. The van der Waals surface area contributed by atoms with Crippen LogP contribution in [0.1, 0.15) is 110 Å². The van der Waals surface area contributed by atoms with Crippen LogP contribution in [0, 0.1) is 0 Å². The first kappa shape index (κ1) is 47.7. The van der Waals surface area contributed by atoms with E-state index in [1.807, 2.05) is 36.4 Å². The summed E-state index contributed by atoms with van der Waals surface area (Å²) >= 11 is 0.